The number of aromatic hydroxyl groups is 1. The average molecular weight is 240 g/mol. The Hall–Kier alpha value is -1.52. The first-order valence-corrected chi connectivity index (χ1v) is 5.87. The molecular weight excluding hydrogens is 220 g/mol. The molecule has 1 aromatic heterocycles. The summed E-state index contributed by atoms with van der Waals surface area (Å²) in [5.74, 6) is -0.206. The van der Waals surface area contributed by atoms with Gasteiger partial charge in [0.05, 0.1) is 5.56 Å². The Morgan fingerprint density at radius 2 is 1.88 bits per heavy atom. The molecule has 5 nitrogen and oxygen atoms in total. The zero-order valence-electron chi connectivity index (χ0n) is 10.8. The number of aromatic amines is 1. The molecule has 0 atom stereocenters. The van der Waals surface area contributed by atoms with Gasteiger partial charge in [0.1, 0.15) is 0 Å². The van der Waals surface area contributed by atoms with Gasteiger partial charge < -0.3 is 5.11 Å². The van der Waals surface area contributed by atoms with E-state index in [0.29, 0.717) is 13.0 Å². The molecule has 17 heavy (non-hydrogen) atoms. The highest BCUT2D eigenvalue weighted by molar-refractivity contribution is 5.22. The number of rotatable bonds is 4. The lowest BCUT2D eigenvalue weighted by atomic mass is 9.90. The summed E-state index contributed by atoms with van der Waals surface area (Å²) in [6.07, 6.45) is 1.27. The SMILES string of the molecule is CCc1c(O)n(CC(C)(C)CC)c(=O)[nH]c1=O. The number of aromatic nitrogens is 2. The van der Waals surface area contributed by atoms with Crippen LogP contribution in [-0.2, 0) is 13.0 Å². The summed E-state index contributed by atoms with van der Waals surface area (Å²) in [4.78, 5) is 25.4. The normalized spacial score (nSPS) is 11.8. The molecule has 0 spiro atoms. The van der Waals surface area contributed by atoms with Crippen LogP contribution in [0.4, 0.5) is 0 Å². The second-order valence-electron chi connectivity index (χ2n) is 5.02. The van der Waals surface area contributed by atoms with Crippen LogP contribution in [-0.4, -0.2) is 14.7 Å². The summed E-state index contributed by atoms with van der Waals surface area (Å²) in [6, 6.07) is 0. The highest BCUT2D eigenvalue weighted by Gasteiger charge is 2.20. The molecule has 1 aromatic rings. The van der Waals surface area contributed by atoms with Crippen LogP contribution < -0.4 is 11.2 Å². The molecule has 0 unspecified atom stereocenters. The molecule has 0 bridgehead atoms. The van der Waals surface area contributed by atoms with E-state index >= 15 is 0 Å². The first-order valence-electron chi connectivity index (χ1n) is 5.87. The smallest absolute Gasteiger partial charge is 0.331 e. The van der Waals surface area contributed by atoms with Gasteiger partial charge in [0.2, 0.25) is 5.88 Å². The van der Waals surface area contributed by atoms with E-state index in [1.807, 2.05) is 20.8 Å². The third-order valence-corrected chi connectivity index (χ3v) is 3.16. The maximum atomic E-state index is 11.7. The Bertz CT molecular complexity index is 511. The van der Waals surface area contributed by atoms with Crippen molar-refractivity contribution in [2.45, 2.75) is 47.1 Å². The molecule has 0 aliphatic rings. The number of hydrogen-bond donors (Lipinski definition) is 2. The van der Waals surface area contributed by atoms with Crippen molar-refractivity contribution in [2.24, 2.45) is 5.41 Å². The molecule has 5 heteroatoms. The minimum atomic E-state index is -0.550. The Balaban J connectivity index is 3.35. The number of hydrogen-bond acceptors (Lipinski definition) is 3. The van der Waals surface area contributed by atoms with Crippen LogP contribution in [0.3, 0.4) is 0 Å². The molecular formula is C12H20N2O3. The van der Waals surface area contributed by atoms with E-state index in [-0.39, 0.29) is 16.9 Å². The number of nitrogens with zero attached hydrogens (tertiary/aromatic N) is 1. The molecule has 0 aliphatic carbocycles. The van der Waals surface area contributed by atoms with Crippen molar-refractivity contribution < 1.29 is 5.11 Å². The minimum absolute atomic E-state index is 0.107. The number of nitrogens with one attached hydrogen (secondary N) is 1. The molecule has 0 saturated heterocycles. The Morgan fingerprint density at radius 1 is 1.29 bits per heavy atom. The molecule has 0 fully saturated rings. The lowest BCUT2D eigenvalue weighted by Crippen LogP contribution is -2.35. The van der Waals surface area contributed by atoms with E-state index in [2.05, 4.69) is 4.98 Å². The fourth-order valence-corrected chi connectivity index (χ4v) is 1.61. The highest BCUT2D eigenvalue weighted by Crippen LogP contribution is 2.24. The standard InChI is InChI=1S/C12H20N2O3/c1-5-8-9(15)13-11(17)14(10(8)16)7-12(3,4)6-2/h16H,5-7H2,1-4H3,(H,13,15,17). The van der Waals surface area contributed by atoms with Crippen molar-refractivity contribution in [3.8, 4) is 5.88 Å². The van der Waals surface area contributed by atoms with E-state index in [4.69, 9.17) is 0 Å². The lowest BCUT2D eigenvalue weighted by molar-refractivity contribution is 0.264. The second kappa shape index (κ2) is 4.77. The van der Waals surface area contributed by atoms with Crippen LogP contribution in [0.5, 0.6) is 5.88 Å². The highest BCUT2D eigenvalue weighted by atomic mass is 16.3. The van der Waals surface area contributed by atoms with Crippen LogP contribution in [0.1, 0.15) is 39.7 Å². The molecule has 0 aromatic carbocycles. The maximum Gasteiger partial charge on any atom is 0.331 e. The summed E-state index contributed by atoms with van der Waals surface area (Å²) >= 11 is 0. The van der Waals surface area contributed by atoms with Crippen LogP contribution in [0, 0.1) is 5.41 Å². The minimum Gasteiger partial charge on any atom is -0.494 e. The second-order valence-corrected chi connectivity index (χ2v) is 5.02. The van der Waals surface area contributed by atoms with Gasteiger partial charge in [-0.25, -0.2) is 4.79 Å². The van der Waals surface area contributed by atoms with Gasteiger partial charge in [-0.3, -0.25) is 14.3 Å². The Morgan fingerprint density at radius 3 is 2.35 bits per heavy atom. The third-order valence-electron chi connectivity index (χ3n) is 3.16. The predicted molar refractivity (Wildman–Crippen MR) is 66.4 cm³/mol. The summed E-state index contributed by atoms with van der Waals surface area (Å²) in [5.41, 5.74) is -0.895. The van der Waals surface area contributed by atoms with E-state index in [0.717, 1.165) is 6.42 Å². The monoisotopic (exact) mass is 240 g/mol. The zero-order valence-corrected chi connectivity index (χ0v) is 10.8. The van der Waals surface area contributed by atoms with Crippen LogP contribution >= 0.6 is 0 Å². The van der Waals surface area contributed by atoms with E-state index in [1.165, 1.54) is 4.57 Å². The van der Waals surface area contributed by atoms with E-state index in [1.54, 1.807) is 6.92 Å². The largest absolute Gasteiger partial charge is 0.494 e. The summed E-state index contributed by atoms with van der Waals surface area (Å²) in [7, 11) is 0. The topological polar surface area (TPSA) is 75.1 Å². The molecule has 0 amide bonds. The summed E-state index contributed by atoms with van der Waals surface area (Å²) in [5, 5.41) is 9.95. The van der Waals surface area contributed by atoms with E-state index < -0.39 is 11.2 Å². The van der Waals surface area contributed by atoms with Gasteiger partial charge in [-0.2, -0.15) is 0 Å². The summed E-state index contributed by atoms with van der Waals surface area (Å²) < 4.78 is 1.24. The van der Waals surface area contributed by atoms with Crippen LogP contribution in [0.2, 0.25) is 0 Å². The van der Waals surface area contributed by atoms with Gasteiger partial charge in [-0.1, -0.05) is 27.7 Å². The Labute approximate surface area is 100 Å². The van der Waals surface area contributed by atoms with E-state index in [9.17, 15) is 14.7 Å². The van der Waals surface area contributed by atoms with Gasteiger partial charge in [0.25, 0.3) is 5.56 Å². The van der Waals surface area contributed by atoms with Crippen molar-refractivity contribution in [2.75, 3.05) is 0 Å². The lowest BCUT2D eigenvalue weighted by Gasteiger charge is -2.24. The fourth-order valence-electron chi connectivity index (χ4n) is 1.61. The third kappa shape index (κ3) is 2.78. The first-order chi connectivity index (χ1) is 7.82. The van der Waals surface area contributed by atoms with Crippen molar-refractivity contribution >= 4 is 0 Å². The van der Waals surface area contributed by atoms with Gasteiger partial charge in [-0.05, 0) is 18.3 Å². The zero-order chi connectivity index (χ0) is 13.2. The summed E-state index contributed by atoms with van der Waals surface area (Å²) in [6.45, 7) is 8.20. The fraction of sp³-hybridized carbons (Fsp3) is 0.667. The molecule has 0 aliphatic heterocycles. The molecule has 1 rings (SSSR count). The van der Waals surface area contributed by atoms with Crippen molar-refractivity contribution in [3.05, 3.63) is 26.4 Å². The predicted octanol–water partition coefficient (Wildman–Crippen LogP) is 1.24. The first kappa shape index (κ1) is 13.5. The molecule has 96 valence electrons. The Kier molecular flexibility index (Phi) is 3.80. The van der Waals surface area contributed by atoms with Crippen LogP contribution in [0.15, 0.2) is 9.59 Å². The van der Waals surface area contributed by atoms with Crippen molar-refractivity contribution in [3.63, 3.8) is 0 Å². The van der Waals surface area contributed by atoms with Crippen molar-refractivity contribution in [1.29, 1.82) is 0 Å². The maximum absolute atomic E-state index is 11.7. The van der Waals surface area contributed by atoms with Gasteiger partial charge in [-0.15, -0.1) is 0 Å². The quantitative estimate of drug-likeness (QED) is 0.831. The molecule has 2 N–H and O–H groups in total. The van der Waals surface area contributed by atoms with Gasteiger partial charge in [0.15, 0.2) is 0 Å². The molecule has 1 heterocycles. The average Bonchev–Trinajstić information content (AvgIpc) is 2.25. The number of H-pyrrole nitrogens is 1. The van der Waals surface area contributed by atoms with Gasteiger partial charge in [0, 0.05) is 6.54 Å². The molecule has 0 radical (unpaired) electrons. The van der Waals surface area contributed by atoms with Gasteiger partial charge >= 0.3 is 5.69 Å². The molecule has 0 saturated carbocycles. The van der Waals surface area contributed by atoms with Crippen LogP contribution in [0.25, 0.3) is 0 Å². The van der Waals surface area contributed by atoms with Crippen molar-refractivity contribution in [1.82, 2.24) is 9.55 Å².